The van der Waals surface area contributed by atoms with Crippen LogP contribution in [0.3, 0.4) is 0 Å². The number of thioether (sulfide) groups is 1. The van der Waals surface area contributed by atoms with Crippen molar-refractivity contribution in [3.05, 3.63) is 18.7 Å². The first-order chi connectivity index (χ1) is 4.43. The predicted octanol–water partition coefficient (Wildman–Crippen LogP) is 0.665. The standard InChI is InChI=1S/C6H10N2S/c1-9-5-4-8-3-2-7-6-8/h2-3,6H,4-5H2,1H3/p+1. The molecule has 0 aliphatic heterocycles. The van der Waals surface area contributed by atoms with Gasteiger partial charge in [-0.15, -0.1) is 0 Å². The molecule has 0 aromatic carbocycles. The van der Waals surface area contributed by atoms with Crippen LogP contribution in [0.15, 0.2) is 18.7 Å². The molecule has 9 heavy (non-hydrogen) atoms. The lowest BCUT2D eigenvalue weighted by Gasteiger charge is -1.89. The Labute approximate surface area is 59.3 Å². The Bertz CT molecular complexity index is 148. The fourth-order valence-corrected chi connectivity index (χ4v) is 1.05. The van der Waals surface area contributed by atoms with Crippen LogP contribution >= 0.6 is 11.8 Å². The molecule has 1 rings (SSSR count). The van der Waals surface area contributed by atoms with Gasteiger partial charge in [0, 0.05) is 5.75 Å². The molecule has 0 saturated carbocycles. The highest BCUT2D eigenvalue weighted by Gasteiger charge is 1.92. The molecule has 2 nitrogen and oxygen atoms in total. The van der Waals surface area contributed by atoms with E-state index in [1.54, 1.807) is 0 Å². The second kappa shape index (κ2) is 3.56. The SMILES string of the molecule is CSCC[n+]1cc[nH]c1. The van der Waals surface area contributed by atoms with E-state index in [-0.39, 0.29) is 0 Å². The maximum atomic E-state index is 2.99. The minimum Gasteiger partial charge on any atom is -0.250 e. The molecule has 0 atom stereocenters. The van der Waals surface area contributed by atoms with Crippen LogP contribution in [-0.2, 0) is 6.54 Å². The molecule has 1 aromatic heterocycles. The zero-order valence-electron chi connectivity index (χ0n) is 5.50. The molecule has 0 spiro atoms. The Balaban J connectivity index is 2.30. The molecular formula is C6H11N2S+. The second-order valence-corrected chi connectivity index (χ2v) is 2.83. The summed E-state index contributed by atoms with van der Waals surface area (Å²) < 4.78 is 2.14. The first-order valence-electron chi connectivity index (χ1n) is 2.94. The van der Waals surface area contributed by atoms with Crippen molar-refractivity contribution in [2.75, 3.05) is 12.0 Å². The number of hydrogen-bond donors (Lipinski definition) is 1. The van der Waals surface area contributed by atoms with Crippen molar-refractivity contribution in [1.29, 1.82) is 0 Å². The van der Waals surface area contributed by atoms with Crippen LogP contribution in [0, 0.1) is 0 Å². The monoisotopic (exact) mass is 143 g/mol. The van der Waals surface area contributed by atoms with Crippen LogP contribution in [0.4, 0.5) is 0 Å². The molecule has 0 amide bonds. The van der Waals surface area contributed by atoms with E-state index in [9.17, 15) is 0 Å². The van der Waals surface area contributed by atoms with E-state index in [0.717, 1.165) is 6.54 Å². The fourth-order valence-electron chi connectivity index (χ4n) is 0.656. The molecule has 3 heteroatoms. The topological polar surface area (TPSA) is 19.7 Å². The van der Waals surface area contributed by atoms with Gasteiger partial charge in [-0.3, -0.25) is 4.98 Å². The minimum absolute atomic E-state index is 1.10. The maximum absolute atomic E-state index is 2.99. The van der Waals surface area contributed by atoms with Crippen LogP contribution < -0.4 is 4.57 Å². The van der Waals surface area contributed by atoms with Crippen molar-refractivity contribution in [1.82, 2.24) is 4.98 Å². The predicted molar refractivity (Wildman–Crippen MR) is 39.4 cm³/mol. The third-order valence-electron chi connectivity index (χ3n) is 1.16. The van der Waals surface area contributed by atoms with E-state index in [1.165, 1.54) is 5.75 Å². The molecule has 0 unspecified atom stereocenters. The number of nitrogens with zero attached hydrogens (tertiary/aromatic N) is 1. The summed E-state index contributed by atoms with van der Waals surface area (Å²) in [5.41, 5.74) is 0. The Hall–Kier alpha value is -0.440. The molecule has 1 aromatic rings. The van der Waals surface area contributed by atoms with Gasteiger partial charge in [0.25, 0.3) is 0 Å². The molecule has 0 aliphatic carbocycles. The minimum atomic E-state index is 1.10. The van der Waals surface area contributed by atoms with Crippen LogP contribution in [0.5, 0.6) is 0 Å². The zero-order valence-corrected chi connectivity index (χ0v) is 6.32. The normalized spacial score (nSPS) is 9.89. The van der Waals surface area contributed by atoms with Crippen molar-refractivity contribution in [2.45, 2.75) is 6.54 Å². The molecule has 0 radical (unpaired) electrons. The first kappa shape index (κ1) is 6.68. The fraction of sp³-hybridized carbons (Fsp3) is 0.500. The second-order valence-electron chi connectivity index (χ2n) is 1.84. The Morgan fingerprint density at radius 3 is 3.11 bits per heavy atom. The number of aryl methyl sites for hydroxylation is 1. The van der Waals surface area contributed by atoms with Gasteiger partial charge in [-0.05, 0) is 6.26 Å². The van der Waals surface area contributed by atoms with Crippen LogP contribution in [0.1, 0.15) is 0 Å². The summed E-state index contributed by atoms with van der Waals surface area (Å²) in [6.45, 7) is 1.10. The number of H-pyrrole nitrogens is 1. The molecule has 0 fully saturated rings. The summed E-state index contributed by atoms with van der Waals surface area (Å²) >= 11 is 1.87. The Kier molecular flexibility index (Phi) is 2.64. The van der Waals surface area contributed by atoms with Gasteiger partial charge >= 0.3 is 0 Å². The average Bonchev–Trinajstić information content (AvgIpc) is 2.34. The van der Waals surface area contributed by atoms with Gasteiger partial charge in [0.15, 0.2) is 0 Å². The van der Waals surface area contributed by atoms with Crippen LogP contribution in [0.25, 0.3) is 0 Å². The third-order valence-corrected chi connectivity index (χ3v) is 1.75. The molecule has 1 heterocycles. The van der Waals surface area contributed by atoms with Crippen LogP contribution in [0.2, 0.25) is 0 Å². The van der Waals surface area contributed by atoms with Gasteiger partial charge in [0.2, 0.25) is 6.33 Å². The summed E-state index contributed by atoms with van der Waals surface area (Å²) in [6, 6.07) is 0. The number of imidazole rings is 1. The van der Waals surface area contributed by atoms with E-state index in [1.807, 2.05) is 30.5 Å². The smallest absolute Gasteiger partial charge is 0.241 e. The van der Waals surface area contributed by atoms with Crippen molar-refractivity contribution < 1.29 is 4.57 Å². The number of hydrogen-bond acceptors (Lipinski definition) is 1. The number of aromatic amines is 1. The summed E-state index contributed by atoms with van der Waals surface area (Å²) in [7, 11) is 0. The largest absolute Gasteiger partial charge is 0.250 e. The average molecular weight is 143 g/mol. The summed E-state index contributed by atoms with van der Waals surface area (Å²) in [6.07, 6.45) is 8.06. The highest BCUT2D eigenvalue weighted by Crippen LogP contribution is 1.88. The zero-order chi connectivity index (χ0) is 6.53. The summed E-state index contributed by atoms with van der Waals surface area (Å²) in [4.78, 5) is 2.99. The summed E-state index contributed by atoms with van der Waals surface area (Å²) in [5, 5.41) is 0. The third kappa shape index (κ3) is 2.10. The van der Waals surface area contributed by atoms with Gasteiger partial charge < -0.3 is 0 Å². The first-order valence-corrected chi connectivity index (χ1v) is 4.33. The lowest BCUT2D eigenvalue weighted by Crippen LogP contribution is -2.31. The van der Waals surface area contributed by atoms with E-state index in [4.69, 9.17) is 0 Å². The van der Waals surface area contributed by atoms with Crippen LogP contribution in [-0.4, -0.2) is 17.0 Å². The highest BCUT2D eigenvalue weighted by molar-refractivity contribution is 7.98. The lowest BCUT2D eigenvalue weighted by molar-refractivity contribution is -0.691. The lowest BCUT2D eigenvalue weighted by atomic mass is 10.7. The van der Waals surface area contributed by atoms with Gasteiger partial charge in [-0.1, -0.05) is 0 Å². The van der Waals surface area contributed by atoms with E-state index < -0.39 is 0 Å². The van der Waals surface area contributed by atoms with Gasteiger partial charge in [0.1, 0.15) is 12.4 Å². The van der Waals surface area contributed by atoms with Crippen molar-refractivity contribution in [3.63, 3.8) is 0 Å². The van der Waals surface area contributed by atoms with Crippen molar-refractivity contribution in [3.8, 4) is 0 Å². The molecule has 1 N–H and O–H groups in total. The van der Waals surface area contributed by atoms with E-state index >= 15 is 0 Å². The molecule has 0 aliphatic rings. The number of rotatable bonds is 3. The van der Waals surface area contributed by atoms with Crippen molar-refractivity contribution in [2.24, 2.45) is 0 Å². The van der Waals surface area contributed by atoms with Gasteiger partial charge in [-0.25, -0.2) is 4.57 Å². The number of aromatic nitrogens is 2. The molecular weight excluding hydrogens is 132 g/mol. The molecule has 0 saturated heterocycles. The quantitative estimate of drug-likeness (QED) is 0.616. The van der Waals surface area contributed by atoms with E-state index in [2.05, 4.69) is 15.8 Å². The van der Waals surface area contributed by atoms with Crippen molar-refractivity contribution >= 4 is 11.8 Å². The Morgan fingerprint density at radius 1 is 1.67 bits per heavy atom. The van der Waals surface area contributed by atoms with E-state index in [0.29, 0.717) is 0 Å². The maximum Gasteiger partial charge on any atom is 0.241 e. The molecule has 0 bridgehead atoms. The number of nitrogens with one attached hydrogen (secondary N) is 1. The Morgan fingerprint density at radius 2 is 2.56 bits per heavy atom. The summed E-state index contributed by atoms with van der Waals surface area (Å²) in [5.74, 6) is 1.18. The van der Waals surface area contributed by atoms with Gasteiger partial charge in [-0.2, -0.15) is 11.8 Å². The molecule has 50 valence electrons. The van der Waals surface area contributed by atoms with Gasteiger partial charge in [0.05, 0.1) is 6.54 Å². The highest BCUT2D eigenvalue weighted by atomic mass is 32.2.